The Morgan fingerprint density at radius 1 is 1.08 bits per heavy atom. The fraction of sp³-hybridized carbons (Fsp3) is 0.0625. The van der Waals surface area contributed by atoms with E-state index in [2.05, 4.69) is 21.5 Å². The van der Waals surface area contributed by atoms with Gasteiger partial charge in [0.05, 0.1) is 12.2 Å². The van der Waals surface area contributed by atoms with E-state index in [0.29, 0.717) is 10.6 Å². The molecular formula is C16H14ClFN4O2S. The van der Waals surface area contributed by atoms with Crippen molar-refractivity contribution in [3.05, 3.63) is 64.9 Å². The van der Waals surface area contributed by atoms with Crippen LogP contribution in [-0.4, -0.2) is 23.5 Å². The fourth-order valence-corrected chi connectivity index (χ4v) is 2.13. The lowest BCUT2D eigenvalue weighted by molar-refractivity contribution is -0.120. The first-order chi connectivity index (χ1) is 12.0. The summed E-state index contributed by atoms with van der Waals surface area (Å²) >= 11 is 10.7. The number of hydrazine groups is 1. The molecule has 130 valence electrons. The zero-order chi connectivity index (χ0) is 18.2. The van der Waals surface area contributed by atoms with Crippen LogP contribution in [0.15, 0.2) is 48.5 Å². The van der Waals surface area contributed by atoms with Gasteiger partial charge in [0.2, 0.25) is 0 Å². The predicted molar refractivity (Wildman–Crippen MR) is 97.7 cm³/mol. The molecule has 0 bridgehead atoms. The third-order valence-corrected chi connectivity index (χ3v) is 3.37. The van der Waals surface area contributed by atoms with Crippen LogP contribution >= 0.6 is 23.8 Å². The third-order valence-electron chi connectivity index (χ3n) is 2.93. The molecule has 0 unspecified atom stereocenters. The van der Waals surface area contributed by atoms with Crippen molar-refractivity contribution < 1.29 is 14.0 Å². The highest BCUT2D eigenvalue weighted by Crippen LogP contribution is 2.12. The average Bonchev–Trinajstić information content (AvgIpc) is 2.60. The van der Waals surface area contributed by atoms with Crippen molar-refractivity contribution in [1.29, 1.82) is 0 Å². The Kier molecular flexibility index (Phi) is 6.67. The number of thiocarbonyl (C=S) groups is 1. The molecule has 4 N–H and O–H groups in total. The van der Waals surface area contributed by atoms with E-state index in [1.165, 1.54) is 18.2 Å². The van der Waals surface area contributed by atoms with Crippen molar-refractivity contribution in [2.24, 2.45) is 0 Å². The van der Waals surface area contributed by atoms with Crippen molar-refractivity contribution in [3.63, 3.8) is 0 Å². The van der Waals surface area contributed by atoms with Crippen LogP contribution in [0, 0.1) is 5.82 Å². The van der Waals surface area contributed by atoms with Gasteiger partial charge in [-0.1, -0.05) is 29.8 Å². The second-order valence-corrected chi connectivity index (χ2v) is 5.64. The number of para-hydroxylation sites is 1. The van der Waals surface area contributed by atoms with E-state index >= 15 is 0 Å². The van der Waals surface area contributed by atoms with Gasteiger partial charge in [0, 0.05) is 10.6 Å². The number of rotatable bonds is 4. The maximum absolute atomic E-state index is 13.5. The zero-order valence-electron chi connectivity index (χ0n) is 12.8. The third kappa shape index (κ3) is 6.02. The van der Waals surface area contributed by atoms with E-state index in [0.717, 1.165) is 0 Å². The normalized spacial score (nSPS) is 9.84. The predicted octanol–water partition coefficient (Wildman–Crippen LogP) is 2.23. The first-order valence-electron chi connectivity index (χ1n) is 7.10. The SMILES string of the molecule is O=C(CNC(=O)c1cccc(Cl)c1)NNC(=S)Nc1ccccc1F. The number of carbonyl (C=O) groups excluding carboxylic acids is 2. The fourth-order valence-electron chi connectivity index (χ4n) is 1.78. The monoisotopic (exact) mass is 380 g/mol. The second kappa shape index (κ2) is 8.95. The van der Waals surface area contributed by atoms with Gasteiger partial charge >= 0.3 is 0 Å². The number of hydrogen-bond acceptors (Lipinski definition) is 3. The Balaban J connectivity index is 1.74. The molecule has 0 heterocycles. The van der Waals surface area contributed by atoms with Crippen LogP contribution in [0.3, 0.4) is 0 Å². The molecule has 25 heavy (non-hydrogen) atoms. The molecule has 6 nitrogen and oxygen atoms in total. The molecule has 2 aromatic carbocycles. The van der Waals surface area contributed by atoms with Crippen molar-refractivity contribution in [3.8, 4) is 0 Å². The topological polar surface area (TPSA) is 82.3 Å². The summed E-state index contributed by atoms with van der Waals surface area (Å²) in [5.41, 5.74) is 5.20. The van der Waals surface area contributed by atoms with Crippen molar-refractivity contribution in [2.75, 3.05) is 11.9 Å². The molecule has 0 saturated heterocycles. The highest BCUT2D eigenvalue weighted by molar-refractivity contribution is 7.80. The van der Waals surface area contributed by atoms with Gasteiger partial charge in [0.15, 0.2) is 5.11 Å². The maximum Gasteiger partial charge on any atom is 0.257 e. The standard InChI is InChI=1S/C16H14ClFN4O2S/c17-11-5-3-4-10(8-11)15(24)19-9-14(23)21-22-16(25)20-13-7-2-1-6-12(13)18/h1-8H,9H2,(H,19,24)(H,21,23)(H2,20,22,25). The van der Waals surface area contributed by atoms with Crippen LogP contribution < -0.4 is 21.5 Å². The second-order valence-electron chi connectivity index (χ2n) is 4.80. The Labute approximate surface area is 153 Å². The van der Waals surface area contributed by atoms with Crippen LogP contribution in [-0.2, 0) is 4.79 Å². The van der Waals surface area contributed by atoms with Gasteiger partial charge in [-0.25, -0.2) is 4.39 Å². The van der Waals surface area contributed by atoms with Gasteiger partial charge in [-0.3, -0.25) is 20.4 Å². The molecule has 9 heteroatoms. The van der Waals surface area contributed by atoms with Gasteiger partial charge in [0.25, 0.3) is 11.8 Å². The number of halogens is 2. The summed E-state index contributed by atoms with van der Waals surface area (Å²) in [5, 5.41) is 5.45. The van der Waals surface area contributed by atoms with Gasteiger partial charge in [-0.2, -0.15) is 0 Å². The number of anilines is 1. The molecule has 2 aromatic rings. The van der Waals surface area contributed by atoms with Crippen LogP contribution in [0.2, 0.25) is 5.02 Å². The molecule has 2 rings (SSSR count). The van der Waals surface area contributed by atoms with Crippen LogP contribution in [0.1, 0.15) is 10.4 Å². The summed E-state index contributed by atoms with van der Waals surface area (Å²) in [6.07, 6.45) is 0. The van der Waals surface area contributed by atoms with Crippen molar-refractivity contribution in [2.45, 2.75) is 0 Å². The Bertz CT molecular complexity index is 803. The van der Waals surface area contributed by atoms with E-state index in [9.17, 15) is 14.0 Å². The Morgan fingerprint density at radius 2 is 1.84 bits per heavy atom. The van der Waals surface area contributed by atoms with Gasteiger partial charge in [0.1, 0.15) is 5.82 Å². The molecule has 0 radical (unpaired) electrons. The average molecular weight is 381 g/mol. The molecule has 0 atom stereocenters. The lowest BCUT2D eigenvalue weighted by Gasteiger charge is -2.12. The molecule has 0 aliphatic heterocycles. The lowest BCUT2D eigenvalue weighted by atomic mass is 10.2. The smallest absolute Gasteiger partial charge is 0.257 e. The Hall–Kier alpha value is -2.71. The van der Waals surface area contributed by atoms with Crippen LogP contribution in [0.25, 0.3) is 0 Å². The van der Waals surface area contributed by atoms with E-state index in [-0.39, 0.29) is 17.3 Å². The minimum Gasteiger partial charge on any atom is -0.343 e. The van der Waals surface area contributed by atoms with Crippen LogP contribution in [0.5, 0.6) is 0 Å². The van der Waals surface area contributed by atoms with Crippen molar-refractivity contribution in [1.82, 2.24) is 16.2 Å². The molecule has 0 saturated carbocycles. The molecule has 0 aliphatic carbocycles. The maximum atomic E-state index is 13.5. The first-order valence-corrected chi connectivity index (χ1v) is 7.88. The minimum atomic E-state index is -0.534. The summed E-state index contributed by atoms with van der Waals surface area (Å²) in [5.74, 6) is -1.45. The number of carbonyl (C=O) groups is 2. The number of benzene rings is 2. The minimum absolute atomic E-state index is 0.000354. The first kappa shape index (κ1) is 18.6. The molecule has 0 fully saturated rings. The highest BCUT2D eigenvalue weighted by atomic mass is 35.5. The molecule has 0 aromatic heterocycles. The summed E-state index contributed by atoms with van der Waals surface area (Å²) in [4.78, 5) is 23.6. The number of nitrogens with one attached hydrogen (secondary N) is 4. The van der Waals surface area contributed by atoms with Gasteiger partial charge in [-0.15, -0.1) is 0 Å². The summed E-state index contributed by atoms with van der Waals surface area (Å²) in [6, 6.07) is 12.3. The van der Waals surface area contributed by atoms with E-state index in [1.54, 1.807) is 30.3 Å². The van der Waals surface area contributed by atoms with Crippen molar-refractivity contribution >= 4 is 46.4 Å². The van der Waals surface area contributed by atoms with E-state index < -0.39 is 17.6 Å². The Morgan fingerprint density at radius 3 is 2.56 bits per heavy atom. The van der Waals surface area contributed by atoms with Crippen LogP contribution in [0.4, 0.5) is 10.1 Å². The van der Waals surface area contributed by atoms with Gasteiger partial charge < -0.3 is 10.6 Å². The van der Waals surface area contributed by atoms with E-state index in [4.69, 9.17) is 23.8 Å². The highest BCUT2D eigenvalue weighted by Gasteiger charge is 2.09. The lowest BCUT2D eigenvalue weighted by Crippen LogP contribution is -2.47. The molecular weight excluding hydrogens is 367 g/mol. The summed E-state index contributed by atoms with van der Waals surface area (Å²) in [6.45, 7) is -0.277. The molecule has 2 amide bonds. The largest absolute Gasteiger partial charge is 0.343 e. The number of hydrogen-bond donors (Lipinski definition) is 4. The zero-order valence-corrected chi connectivity index (χ0v) is 14.4. The summed E-state index contributed by atoms with van der Waals surface area (Å²) < 4.78 is 13.5. The molecule has 0 spiro atoms. The number of amides is 2. The van der Waals surface area contributed by atoms with E-state index in [1.807, 2.05) is 0 Å². The summed E-state index contributed by atoms with van der Waals surface area (Å²) in [7, 11) is 0. The van der Waals surface area contributed by atoms with Gasteiger partial charge in [-0.05, 0) is 42.5 Å². The quantitative estimate of drug-likeness (QED) is 0.483. The molecule has 0 aliphatic rings.